The summed E-state index contributed by atoms with van der Waals surface area (Å²) in [6, 6.07) is 26.3. The normalized spacial score (nSPS) is 12.3. The van der Waals surface area contributed by atoms with Gasteiger partial charge in [0, 0.05) is 22.3 Å². The lowest BCUT2D eigenvalue weighted by Crippen LogP contribution is -2.11. The van der Waals surface area contributed by atoms with E-state index in [2.05, 4.69) is 63.3 Å². The molecule has 0 aliphatic heterocycles. The van der Waals surface area contributed by atoms with Crippen LogP contribution in [0.5, 0.6) is 0 Å². The van der Waals surface area contributed by atoms with Crippen molar-refractivity contribution in [2.24, 2.45) is 0 Å². The van der Waals surface area contributed by atoms with E-state index in [1.54, 1.807) is 36.4 Å². The predicted octanol–water partition coefficient (Wildman–Crippen LogP) is 11.5. The molecule has 52 heavy (non-hydrogen) atoms. The van der Waals surface area contributed by atoms with Crippen LogP contribution in [0.25, 0.3) is 65.1 Å². The van der Waals surface area contributed by atoms with Gasteiger partial charge in [-0.3, -0.25) is 0 Å². The van der Waals surface area contributed by atoms with E-state index < -0.39 is 23.5 Å². The van der Waals surface area contributed by atoms with Gasteiger partial charge in [0.05, 0.1) is 22.5 Å². The molecule has 0 aliphatic rings. The molecule has 0 spiro atoms. The Morgan fingerprint density at radius 1 is 0.404 bits per heavy atom. The fraction of sp³-hybridized carbons (Fsp3) is 0.158. The topological polar surface area (TPSA) is 77.3 Å². The molecule has 4 aromatic heterocycles. The zero-order valence-electron chi connectivity index (χ0n) is 27.6. The highest BCUT2D eigenvalue weighted by Gasteiger charge is 2.31. The quantitative estimate of drug-likeness (QED) is 0.158. The molecule has 0 radical (unpaired) electrons. The Morgan fingerprint density at radius 3 is 1.13 bits per heavy atom. The number of aromatic nitrogens is 6. The lowest BCUT2D eigenvalue weighted by molar-refractivity contribution is -0.138. The summed E-state index contributed by atoms with van der Waals surface area (Å²) in [5.74, 6) is 0. The van der Waals surface area contributed by atoms with Crippen LogP contribution < -0.4 is 0 Å². The van der Waals surface area contributed by atoms with Crippen LogP contribution in [-0.2, 0) is 17.8 Å². The Morgan fingerprint density at radius 2 is 0.769 bits per heavy atom. The minimum atomic E-state index is -4.43. The molecule has 7 rings (SSSR count). The van der Waals surface area contributed by atoms with Crippen molar-refractivity contribution in [2.75, 3.05) is 0 Å². The molecule has 7 aromatic rings. The Balaban J connectivity index is 1.18. The van der Waals surface area contributed by atoms with Gasteiger partial charge < -0.3 is 0 Å². The van der Waals surface area contributed by atoms with Crippen molar-refractivity contribution in [3.8, 4) is 65.1 Å². The average molecular weight is 745 g/mol. The molecule has 0 saturated heterocycles. The molecule has 14 heteroatoms. The van der Waals surface area contributed by atoms with Crippen molar-refractivity contribution in [3.63, 3.8) is 0 Å². The predicted molar refractivity (Wildman–Crippen MR) is 190 cm³/mol. The first-order valence-corrected chi connectivity index (χ1v) is 17.4. The van der Waals surface area contributed by atoms with Gasteiger partial charge in [-0.25, -0.2) is 9.97 Å². The number of pyridine rings is 2. The number of halogens is 6. The Kier molecular flexibility index (Phi) is 8.99. The summed E-state index contributed by atoms with van der Waals surface area (Å²) in [5.41, 5.74) is 4.11. The van der Waals surface area contributed by atoms with E-state index in [9.17, 15) is 26.3 Å². The van der Waals surface area contributed by atoms with Gasteiger partial charge in [0.25, 0.3) is 0 Å². The van der Waals surface area contributed by atoms with E-state index in [-0.39, 0.29) is 5.41 Å². The van der Waals surface area contributed by atoms with Crippen molar-refractivity contribution in [3.05, 3.63) is 120 Å². The van der Waals surface area contributed by atoms with Crippen molar-refractivity contribution in [1.29, 1.82) is 0 Å². The van der Waals surface area contributed by atoms with E-state index in [0.717, 1.165) is 41.0 Å². The standard InChI is InChI=1S/C38H26F6N6S2/c1-36(2,3)27-19-23(32-47-49-34(51-32)30-8-4-6-28(45-30)21-10-14-25(15-11-21)37(39,40)41)18-24(20-27)33-48-50-35(52-33)31-9-5-7-29(46-31)22-12-16-26(17-13-22)38(42,43)44/h4-20H,1-3H3. The molecule has 0 saturated carbocycles. The summed E-state index contributed by atoms with van der Waals surface area (Å²) in [5, 5.41) is 20.1. The second-order valence-electron chi connectivity index (χ2n) is 12.8. The van der Waals surface area contributed by atoms with E-state index in [0.29, 0.717) is 53.9 Å². The van der Waals surface area contributed by atoms with Gasteiger partial charge >= 0.3 is 12.4 Å². The second-order valence-corrected chi connectivity index (χ2v) is 14.8. The van der Waals surface area contributed by atoms with Crippen LogP contribution in [0.1, 0.15) is 37.5 Å². The van der Waals surface area contributed by atoms with Gasteiger partial charge in [-0.05, 0) is 77.7 Å². The third-order valence-corrected chi connectivity index (χ3v) is 10.1. The zero-order valence-corrected chi connectivity index (χ0v) is 29.2. The number of benzene rings is 3. The van der Waals surface area contributed by atoms with Crippen LogP contribution in [0.2, 0.25) is 0 Å². The molecular weight excluding hydrogens is 719 g/mol. The monoisotopic (exact) mass is 744 g/mol. The van der Waals surface area contributed by atoms with E-state index in [1.165, 1.54) is 46.9 Å². The Hall–Kier alpha value is -5.34. The van der Waals surface area contributed by atoms with Gasteiger partial charge in [-0.1, -0.05) is 79.8 Å². The number of hydrogen-bond acceptors (Lipinski definition) is 8. The smallest absolute Gasteiger partial charge is 0.245 e. The summed E-state index contributed by atoms with van der Waals surface area (Å²) in [4.78, 5) is 9.33. The Bertz CT molecular complexity index is 2220. The molecule has 0 fully saturated rings. The molecule has 0 atom stereocenters. The summed E-state index contributed by atoms with van der Waals surface area (Å²) in [6.45, 7) is 6.29. The lowest BCUT2D eigenvalue weighted by Gasteiger charge is -2.20. The van der Waals surface area contributed by atoms with Gasteiger partial charge in [0.2, 0.25) is 0 Å². The third kappa shape index (κ3) is 7.48. The van der Waals surface area contributed by atoms with Crippen LogP contribution in [0, 0.1) is 0 Å². The molecule has 0 amide bonds. The van der Waals surface area contributed by atoms with Crippen LogP contribution in [-0.4, -0.2) is 30.4 Å². The largest absolute Gasteiger partial charge is 0.416 e. The number of rotatable bonds is 6. The van der Waals surface area contributed by atoms with Crippen LogP contribution in [0.3, 0.4) is 0 Å². The molecule has 0 N–H and O–H groups in total. The van der Waals surface area contributed by atoms with Gasteiger partial charge in [-0.2, -0.15) is 26.3 Å². The van der Waals surface area contributed by atoms with Crippen LogP contribution in [0.4, 0.5) is 26.3 Å². The summed E-state index contributed by atoms with van der Waals surface area (Å²) in [6.07, 6.45) is -8.85. The maximum absolute atomic E-state index is 13.1. The lowest BCUT2D eigenvalue weighted by atomic mass is 9.85. The van der Waals surface area contributed by atoms with Crippen LogP contribution in [0.15, 0.2) is 103 Å². The maximum Gasteiger partial charge on any atom is 0.416 e. The number of nitrogens with zero attached hydrogens (tertiary/aromatic N) is 6. The average Bonchev–Trinajstić information content (AvgIpc) is 3.82. The molecule has 0 aliphatic carbocycles. The fourth-order valence-electron chi connectivity index (χ4n) is 5.28. The highest BCUT2D eigenvalue weighted by atomic mass is 32.1. The van der Waals surface area contributed by atoms with Crippen molar-refractivity contribution in [1.82, 2.24) is 30.4 Å². The van der Waals surface area contributed by atoms with Gasteiger partial charge in [0.1, 0.15) is 21.4 Å². The second kappa shape index (κ2) is 13.3. The molecular formula is C38H26F6N6S2. The van der Waals surface area contributed by atoms with Gasteiger partial charge in [-0.15, -0.1) is 20.4 Å². The molecule has 0 unspecified atom stereocenters. The molecule has 4 heterocycles. The Labute approximate surface area is 301 Å². The zero-order chi connectivity index (χ0) is 36.8. The van der Waals surface area contributed by atoms with E-state index in [4.69, 9.17) is 0 Å². The third-order valence-electron chi connectivity index (χ3n) is 8.10. The highest BCUT2D eigenvalue weighted by Crippen LogP contribution is 2.39. The van der Waals surface area contributed by atoms with Crippen molar-refractivity contribution < 1.29 is 26.3 Å². The van der Waals surface area contributed by atoms with Crippen molar-refractivity contribution in [2.45, 2.75) is 38.5 Å². The molecule has 262 valence electrons. The highest BCUT2D eigenvalue weighted by molar-refractivity contribution is 7.18. The first-order chi connectivity index (χ1) is 24.6. The van der Waals surface area contributed by atoms with Crippen molar-refractivity contribution >= 4 is 22.7 Å². The molecule has 0 bridgehead atoms. The van der Waals surface area contributed by atoms with E-state index in [1.807, 2.05) is 6.07 Å². The summed E-state index contributed by atoms with van der Waals surface area (Å²) < 4.78 is 78.4. The van der Waals surface area contributed by atoms with E-state index >= 15 is 0 Å². The first-order valence-electron chi connectivity index (χ1n) is 15.8. The molecule has 6 nitrogen and oxygen atoms in total. The number of hydrogen-bond donors (Lipinski definition) is 0. The van der Waals surface area contributed by atoms with Crippen LogP contribution >= 0.6 is 22.7 Å². The summed E-state index contributed by atoms with van der Waals surface area (Å²) >= 11 is 2.67. The minimum absolute atomic E-state index is 0.235. The first kappa shape index (κ1) is 35.1. The minimum Gasteiger partial charge on any atom is -0.245 e. The molecule has 3 aromatic carbocycles. The fourth-order valence-corrected chi connectivity index (χ4v) is 6.88. The van der Waals surface area contributed by atoms with Gasteiger partial charge in [0.15, 0.2) is 10.0 Å². The maximum atomic E-state index is 13.1. The number of alkyl halides is 6. The SMILES string of the molecule is CC(C)(C)c1cc(-c2nnc(-c3cccc(-c4ccc(C(F)(F)F)cc4)n3)s2)cc(-c2nnc(-c3cccc(-c4ccc(C(F)(F)F)cc4)n3)s2)c1. The summed E-state index contributed by atoms with van der Waals surface area (Å²) in [7, 11) is 0.